The molecule has 0 saturated carbocycles. The van der Waals surface area contributed by atoms with E-state index >= 15 is 0 Å². The summed E-state index contributed by atoms with van der Waals surface area (Å²) in [7, 11) is 1.96. The van der Waals surface area contributed by atoms with Gasteiger partial charge in [0, 0.05) is 68.3 Å². The van der Waals surface area contributed by atoms with Gasteiger partial charge < -0.3 is 14.6 Å². The quantitative estimate of drug-likeness (QED) is 0.641. The molecule has 7 nitrogen and oxygen atoms in total. The average Bonchev–Trinajstić information content (AvgIpc) is 2.82. The first kappa shape index (κ1) is 22.0. The van der Waals surface area contributed by atoms with E-state index in [2.05, 4.69) is 22.9 Å². The number of aryl methyl sites for hydroxylation is 2. The highest BCUT2D eigenvalue weighted by atomic mass is 16.4. The Morgan fingerprint density at radius 1 is 1.25 bits per heavy atom. The lowest BCUT2D eigenvalue weighted by Gasteiger charge is -2.38. The molecular formula is C25H30N4O3. The molecule has 1 amide bonds. The molecule has 1 unspecified atom stereocenters. The van der Waals surface area contributed by atoms with Gasteiger partial charge in [0.25, 0.3) is 0 Å². The van der Waals surface area contributed by atoms with Crippen LogP contribution in [0.2, 0.25) is 0 Å². The molecule has 1 aliphatic rings. The molecule has 2 aromatic heterocycles. The molecule has 1 aliphatic heterocycles. The molecule has 0 spiro atoms. The second-order valence-corrected chi connectivity index (χ2v) is 8.55. The maximum absolute atomic E-state index is 13.3. The molecule has 0 aliphatic carbocycles. The second kappa shape index (κ2) is 9.53. The van der Waals surface area contributed by atoms with Gasteiger partial charge in [0.2, 0.25) is 0 Å². The van der Waals surface area contributed by atoms with Gasteiger partial charge in [-0.05, 0) is 49.1 Å². The zero-order valence-electron chi connectivity index (χ0n) is 18.7. The average molecular weight is 435 g/mol. The van der Waals surface area contributed by atoms with E-state index in [0.29, 0.717) is 31.6 Å². The minimum atomic E-state index is -0.881. The fourth-order valence-electron chi connectivity index (χ4n) is 4.63. The van der Waals surface area contributed by atoms with Crippen LogP contribution in [0, 0.1) is 0 Å². The van der Waals surface area contributed by atoms with Crippen LogP contribution in [-0.2, 0) is 26.6 Å². The van der Waals surface area contributed by atoms with E-state index < -0.39 is 6.09 Å². The first-order valence-corrected chi connectivity index (χ1v) is 11.2. The number of para-hydroxylation sites is 1. The van der Waals surface area contributed by atoms with Crippen LogP contribution in [0.1, 0.15) is 36.6 Å². The molecular weight excluding hydrogens is 404 g/mol. The lowest BCUT2D eigenvalue weighted by atomic mass is 10.0. The van der Waals surface area contributed by atoms with Crippen molar-refractivity contribution in [1.82, 2.24) is 19.4 Å². The Labute approximate surface area is 187 Å². The lowest BCUT2D eigenvalue weighted by Crippen LogP contribution is -2.49. The first-order valence-electron chi connectivity index (χ1n) is 11.2. The van der Waals surface area contributed by atoms with Gasteiger partial charge in [0.15, 0.2) is 5.43 Å². The number of carbonyl (C=O) groups is 1. The van der Waals surface area contributed by atoms with Crippen molar-refractivity contribution < 1.29 is 9.90 Å². The molecule has 1 atom stereocenters. The van der Waals surface area contributed by atoms with Crippen LogP contribution in [0.4, 0.5) is 4.79 Å². The van der Waals surface area contributed by atoms with Crippen LogP contribution in [0.5, 0.6) is 0 Å². The summed E-state index contributed by atoms with van der Waals surface area (Å²) in [6.07, 6.45) is 5.44. The Kier molecular flexibility index (Phi) is 6.55. The summed E-state index contributed by atoms with van der Waals surface area (Å²) in [5.74, 6) is 0. The monoisotopic (exact) mass is 434 g/mol. The number of amides is 1. The second-order valence-electron chi connectivity index (χ2n) is 8.55. The van der Waals surface area contributed by atoms with E-state index in [-0.39, 0.29) is 11.5 Å². The molecule has 1 N–H and O–H groups in total. The summed E-state index contributed by atoms with van der Waals surface area (Å²) >= 11 is 0. The number of carboxylic acid groups (broad SMARTS) is 1. The molecule has 1 aromatic carbocycles. The highest BCUT2D eigenvalue weighted by Crippen LogP contribution is 2.21. The van der Waals surface area contributed by atoms with Gasteiger partial charge in [0.1, 0.15) is 0 Å². The Balaban J connectivity index is 1.69. The van der Waals surface area contributed by atoms with Crippen molar-refractivity contribution in [2.75, 3.05) is 13.1 Å². The normalized spacial score (nSPS) is 16.6. The van der Waals surface area contributed by atoms with Gasteiger partial charge in [-0.2, -0.15) is 0 Å². The number of likely N-dealkylation sites (tertiary alicyclic amines) is 1. The highest BCUT2D eigenvalue weighted by molar-refractivity contribution is 5.79. The van der Waals surface area contributed by atoms with E-state index in [9.17, 15) is 14.7 Å². The van der Waals surface area contributed by atoms with E-state index in [4.69, 9.17) is 0 Å². The topological polar surface area (TPSA) is 78.7 Å². The Hall–Kier alpha value is -3.19. The van der Waals surface area contributed by atoms with Crippen molar-refractivity contribution in [2.45, 2.75) is 45.3 Å². The van der Waals surface area contributed by atoms with Crippen molar-refractivity contribution in [2.24, 2.45) is 7.05 Å². The number of nitrogens with zero attached hydrogens (tertiary/aromatic N) is 4. The molecule has 1 fully saturated rings. The van der Waals surface area contributed by atoms with E-state index in [0.717, 1.165) is 41.6 Å². The Morgan fingerprint density at radius 3 is 2.84 bits per heavy atom. The van der Waals surface area contributed by atoms with Crippen molar-refractivity contribution in [3.05, 3.63) is 75.8 Å². The summed E-state index contributed by atoms with van der Waals surface area (Å²) in [6.45, 7) is 4.21. The van der Waals surface area contributed by atoms with Crippen LogP contribution in [-0.4, -0.2) is 49.7 Å². The fourth-order valence-corrected chi connectivity index (χ4v) is 4.63. The standard InChI is InChI=1S/C25H30N4O3/c1-3-20-13-18(10-11-26-20)14-29(21-7-6-12-28(17-21)25(31)32)16-19-15-27(2)23-9-5-4-8-22(23)24(19)30/h4-5,8-11,13,15,21H,3,6-7,12,14,16-17H2,1-2H3,(H,31,32). The lowest BCUT2D eigenvalue weighted by molar-refractivity contribution is 0.0781. The summed E-state index contributed by atoms with van der Waals surface area (Å²) in [5, 5.41) is 10.2. The zero-order valence-corrected chi connectivity index (χ0v) is 18.7. The molecule has 3 aromatic rings. The van der Waals surface area contributed by atoms with E-state index in [1.807, 2.05) is 54.3 Å². The van der Waals surface area contributed by atoms with Gasteiger partial charge in [-0.25, -0.2) is 4.79 Å². The minimum absolute atomic E-state index is 0.0403. The van der Waals surface area contributed by atoms with Crippen LogP contribution in [0.25, 0.3) is 10.9 Å². The van der Waals surface area contributed by atoms with Crippen LogP contribution in [0.15, 0.2) is 53.6 Å². The van der Waals surface area contributed by atoms with E-state index in [1.54, 1.807) is 0 Å². The van der Waals surface area contributed by atoms with Crippen LogP contribution in [0.3, 0.4) is 0 Å². The Morgan fingerprint density at radius 2 is 2.06 bits per heavy atom. The molecule has 32 heavy (non-hydrogen) atoms. The van der Waals surface area contributed by atoms with Crippen molar-refractivity contribution in [3.8, 4) is 0 Å². The fraction of sp³-hybridized carbons (Fsp3) is 0.400. The highest BCUT2D eigenvalue weighted by Gasteiger charge is 2.28. The molecule has 0 bridgehead atoms. The van der Waals surface area contributed by atoms with Gasteiger partial charge in [-0.1, -0.05) is 19.1 Å². The smallest absolute Gasteiger partial charge is 0.407 e. The molecule has 4 rings (SSSR count). The number of piperidine rings is 1. The summed E-state index contributed by atoms with van der Waals surface area (Å²) in [4.78, 5) is 33.0. The first-order chi connectivity index (χ1) is 15.5. The van der Waals surface area contributed by atoms with E-state index in [1.165, 1.54) is 4.90 Å². The summed E-state index contributed by atoms with van der Waals surface area (Å²) in [6, 6.07) is 11.8. The molecule has 1 saturated heterocycles. The maximum atomic E-state index is 13.3. The number of fused-ring (bicyclic) bond motifs is 1. The largest absolute Gasteiger partial charge is 0.465 e. The minimum Gasteiger partial charge on any atom is -0.465 e. The van der Waals surface area contributed by atoms with Gasteiger partial charge in [-0.3, -0.25) is 14.7 Å². The molecule has 3 heterocycles. The number of rotatable bonds is 6. The number of hydrogen-bond donors (Lipinski definition) is 1. The van der Waals surface area contributed by atoms with Crippen molar-refractivity contribution in [1.29, 1.82) is 0 Å². The maximum Gasteiger partial charge on any atom is 0.407 e. The number of aromatic nitrogens is 2. The van der Waals surface area contributed by atoms with Gasteiger partial charge in [0.05, 0.1) is 5.52 Å². The number of hydrogen-bond acceptors (Lipinski definition) is 4. The van der Waals surface area contributed by atoms with Crippen molar-refractivity contribution >= 4 is 17.0 Å². The number of benzene rings is 1. The summed E-state index contributed by atoms with van der Waals surface area (Å²) in [5.41, 5.74) is 3.83. The molecule has 168 valence electrons. The zero-order chi connectivity index (χ0) is 22.7. The molecule has 0 radical (unpaired) electrons. The number of pyridine rings is 2. The van der Waals surface area contributed by atoms with Gasteiger partial charge in [-0.15, -0.1) is 0 Å². The third kappa shape index (κ3) is 4.67. The molecule has 7 heteroatoms. The Bertz CT molecular complexity index is 1170. The third-order valence-corrected chi connectivity index (χ3v) is 6.36. The van der Waals surface area contributed by atoms with Crippen LogP contribution < -0.4 is 5.43 Å². The predicted molar refractivity (Wildman–Crippen MR) is 125 cm³/mol. The van der Waals surface area contributed by atoms with Crippen molar-refractivity contribution in [3.63, 3.8) is 0 Å². The predicted octanol–water partition coefficient (Wildman–Crippen LogP) is 3.64. The summed E-state index contributed by atoms with van der Waals surface area (Å²) < 4.78 is 2.00. The SMILES string of the molecule is CCc1cc(CN(Cc2cn(C)c3ccccc3c2=O)C2CCCN(C(=O)O)C2)ccn1. The third-order valence-electron chi connectivity index (χ3n) is 6.36. The van der Waals surface area contributed by atoms with Crippen LogP contribution >= 0.6 is 0 Å². The van der Waals surface area contributed by atoms with Gasteiger partial charge >= 0.3 is 6.09 Å².